The zero-order valence-electron chi connectivity index (χ0n) is 14.2. The molecule has 5 nitrogen and oxygen atoms in total. The molecule has 8 heteroatoms. The number of ether oxygens (including phenoxy) is 1. The Labute approximate surface area is 166 Å². The summed E-state index contributed by atoms with van der Waals surface area (Å²) < 4.78 is 11.5. The molecule has 27 heavy (non-hydrogen) atoms. The fraction of sp³-hybridized carbons (Fsp3) is 0.0526. The van der Waals surface area contributed by atoms with Gasteiger partial charge in [0.15, 0.2) is 5.69 Å². The van der Waals surface area contributed by atoms with E-state index in [0.717, 1.165) is 0 Å². The Kier molecular flexibility index (Phi) is 5.89. The van der Waals surface area contributed by atoms with Crippen LogP contribution in [0.1, 0.15) is 10.5 Å². The number of carbonyl (C=O) groups is 1. The minimum atomic E-state index is -1.19. The number of aromatic carboxylic acids is 1. The number of halogens is 2. The van der Waals surface area contributed by atoms with Crippen molar-refractivity contribution in [3.8, 4) is 11.5 Å². The van der Waals surface area contributed by atoms with Gasteiger partial charge in [0.05, 0.1) is 7.11 Å². The lowest BCUT2D eigenvalue weighted by molar-refractivity contribution is 0.0688. The maximum absolute atomic E-state index is 11.5. The van der Waals surface area contributed by atoms with Gasteiger partial charge in [-0.3, -0.25) is 0 Å². The highest BCUT2D eigenvalue weighted by atomic mass is 35.5. The van der Waals surface area contributed by atoms with Gasteiger partial charge in [0.1, 0.15) is 11.5 Å². The second kappa shape index (κ2) is 8.33. The van der Waals surface area contributed by atoms with Gasteiger partial charge >= 0.3 is 12.9 Å². The van der Waals surface area contributed by atoms with Crippen LogP contribution in [0.5, 0.6) is 11.5 Å². The lowest BCUT2D eigenvalue weighted by Crippen LogP contribution is -2.48. The lowest BCUT2D eigenvalue weighted by atomic mass is 9.55. The monoisotopic (exact) mass is 401 g/mol. The van der Waals surface area contributed by atoms with Gasteiger partial charge in [0.2, 0.25) is 0 Å². The normalized spacial score (nSPS) is 10.3. The van der Waals surface area contributed by atoms with Crippen molar-refractivity contribution in [3.63, 3.8) is 0 Å². The minimum Gasteiger partial charge on any atom is -0.550 e. The van der Waals surface area contributed by atoms with Crippen LogP contribution >= 0.6 is 23.2 Å². The Bertz CT molecular complexity index is 983. The Morgan fingerprint density at radius 3 is 2.52 bits per heavy atom. The van der Waals surface area contributed by atoms with E-state index in [9.17, 15) is 9.90 Å². The van der Waals surface area contributed by atoms with E-state index in [4.69, 9.17) is 32.6 Å². The summed E-state index contributed by atoms with van der Waals surface area (Å²) in [6, 6.07) is 15.4. The number of pyridine rings is 1. The Morgan fingerprint density at radius 1 is 1.04 bits per heavy atom. The number of carboxylic acids is 1. The smallest absolute Gasteiger partial charge is 0.430 e. The van der Waals surface area contributed by atoms with Crippen LogP contribution in [-0.2, 0) is 0 Å². The third-order valence-corrected chi connectivity index (χ3v) is 4.31. The first-order valence-corrected chi connectivity index (χ1v) is 8.69. The fourth-order valence-electron chi connectivity index (χ4n) is 2.66. The summed E-state index contributed by atoms with van der Waals surface area (Å²) in [7, 11) is 1.54. The Balaban J connectivity index is 2.15. The number of hydrogen-bond acceptors (Lipinski definition) is 4. The average Bonchev–Trinajstić information content (AvgIpc) is 2.66. The molecule has 136 valence electrons. The van der Waals surface area contributed by atoms with Crippen molar-refractivity contribution in [1.82, 2.24) is 4.98 Å². The van der Waals surface area contributed by atoms with Crippen molar-refractivity contribution in [2.75, 3.05) is 7.11 Å². The van der Waals surface area contributed by atoms with Crippen LogP contribution < -0.4 is 20.3 Å². The number of hydrogen-bond donors (Lipinski definition) is 1. The Hall–Kier alpha value is -2.70. The summed E-state index contributed by atoms with van der Waals surface area (Å²) in [4.78, 5) is 15.4. The number of nitrogens with zero attached hydrogens (tertiary/aromatic N) is 1. The van der Waals surface area contributed by atoms with Crippen molar-refractivity contribution in [1.29, 1.82) is 0 Å². The second-order valence-corrected chi connectivity index (χ2v) is 6.47. The zero-order chi connectivity index (χ0) is 19.4. The standard InChI is InChI=1S/C19H14BCl2NO4/c1-26-16-8-7-14(22)11-15(16)20(12-4-2-5-13(21)10-12)27-17-6-3-9-23-18(17)19(24)25/h2-11H,1H3,(H,24,25). The quantitative estimate of drug-likeness (QED) is 0.642. The van der Waals surface area contributed by atoms with Crippen molar-refractivity contribution >= 4 is 47.0 Å². The van der Waals surface area contributed by atoms with Crippen LogP contribution in [0, 0.1) is 0 Å². The summed E-state index contributed by atoms with van der Waals surface area (Å²) in [5.41, 5.74) is 1.15. The van der Waals surface area contributed by atoms with Crippen LogP contribution in [-0.4, -0.2) is 30.1 Å². The molecule has 0 unspecified atom stereocenters. The topological polar surface area (TPSA) is 68.7 Å². The fourth-order valence-corrected chi connectivity index (χ4v) is 3.04. The van der Waals surface area contributed by atoms with E-state index in [0.29, 0.717) is 26.7 Å². The first-order chi connectivity index (χ1) is 13.0. The van der Waals surface area contributed by atoms with E-state index in [1.807, 2.05) is 6.07 Å². The number of methoxy groups -OCH3 is 1. The summed E-state index contributed by atoms with van der Waals surface area (Å²) >= 11 is 12.3. The molecule has 0 amide bonds. The van der Waals surface area contributed by atoms with E-state index >= 15 is 0 Å². The molecule has 1 N–H and O–H groups in total. The van der Waals surface area contributed by atoms with E-state index in [-0.39, 0.29) is 11.4 Å². The van der Waals surface area contributed by atoms with E-state index in [1.54, 1.807) is 48.5 Å². The molecular weight excluding hydrogens is 388 g/mol. The molecular formula is C19H14BCl2NO4. The molecule has 1 heterocycles. The maximum Gasteiger partial charge on any atom is 0.430 e. The molecule has 0 radical (unpaired) electrons. The third-order valence-electron chi connectivity index (χ3n) is 3.84. The first kappa shape index (κ1) is 19.1. The third kappa shape index (κ3) is 4.35. The molecule has 0 aliphatic rings. The number of rotatable bonds is 6. The molecule has 3 rings (SSSR count). The van der Waals surface area contributed by atoms with Crippen LogP contribution in [0.4, 0.5) is 0 Å². The molecule has 1 aromatic heterocycles. The molecule has 3 aromatic rings. The van der Waals surface area contributed by atoms with Gasteiger partial charge in [0.25, 0.3) is 0 Å². The van der Waals surface area contributed by atoms with E-state index in [2.05, 4.69) is 4.98 Å². The minimum absolute atomic E-state index is 0.122. The van der Waals surface area contributed by atoms with Crippen molar-refractivity contribution in [2.45, 2.75) is 0 Å². The van der Waals surface area contributed by atoms with Gasteiger partial charge in [-0.25, -0.2) is 9.78 Å². The molecule has 2 aromatic carbocycles. The van der Waals surface area contributed by atoms with E-state index < -0.39 is 12.9 Å². The average molecular weight is 402 g/mol. The van der Waals surface area contributed by atoms with Crippen molar-refractivity contribution in [2.24, 2.45) is 0 Å². The van der Waals surface area contributed by atoms with Gasteiger partial charge in [-0.1, -0.05) is 35.3 Å². The van der Waals surface area contributed by atoms with Gasteiger partial charge in [-0.05, 0) is 47.9 Å². The van der Waals surface area contributed by atoms with Crippen molar-refractivity contribution < 1.29 is 19.3 Å². The van der Waals surface area contributed by atoms with Gasteiger partial charge < -0.3 is 14.5 Å². The summed E-state index contributed by atoms with van der Waals surface area (Å²) in [6.45, 7) is -0.709. The molecule has 0 atom stereocenters. The second-order valence-electron chi connectivity index (χ2n) is 5.59. The van der Waals surface area contributed by atoms with Crippen LogP contribution in [0.2, 0.25) is 10.0 Å². The predicted octanol–water partition coefficient (Wildman–Crippen LogP) is 3.28. The van der Waals surface area contributed by atoms with Crippen LogP contribution in [0.15, 0.2) is 60.8 Å². The Morgan fingerprint density at radius 2 is 1.81 bits per heavy atom. The van der Waals surface area contributed by atoms with Crippen LogP contribution in [0.3, 0.4) is 0 Å². The highest BCUT2D eigenvalue weighted by Crippen LogP contribution is 2.20. The molecule has 0 saturated heterocycles. The molecule has 0 aliphatic heterocycles. The highest BCUT2D eigenvalue weighted by molar-refractivity contribution is 6.81. The lowest BCUT2D eigenvalue weighted by Gasteiger charge is -2.20. The number of aromatic nitrogens is 1. The maximum atomic E-state index is 11.5. The highest BCUT2D eigenvalue weighted by Gasteiger charge is 2.29. The molecule has 0 saturated carbocycles. The predicted molar refractivity (Wildman–Crippen MR) is 106 cm³/mol. The summed E-state index contributed by atoms with van der Waals surface area (Å²) in [5, 5.41) is 10.4. The molecule has 0 fully saturated rings. The number of benzene rings is 2. The van der Waals surface area contributed by atoms with Gasteiger partial charge in [0, 0.05) is 21.7 Å². The zero-order valence-corrected chi connectivity index (χ0v) is 15.7. The first-order valence-electron chi connectivity index (χ1n) is 7.93. The van der Waals surface area contributed by atoms with Crippen LogP contribution in [0.25, 0.3) is 0 Å². The molecule has 0 spiro atoms. The van der Waals surface area contributed by atoms with Gasteiger partial charge in [-0.2, -0.15) is 0 Å². The van der Waals surface area contributed by atoms with Crippen molar-refractivity contribution in [3.05, 3.63) is 76.5 Å². The summed E-state index contributed by atoms with van der Waals surface area (Å²) in [5.74, 6) is -0.518. The molecule has 0 aliphatic carbocycles. The van der Waals surface area contributed by atoms with E-state index in [1.165, 1.54) is 13.3 Å². The molecule has 0 bridgehead atoms. The summed E-state index contributed by atoms with van der Waals surface area (Å²) in [6.07, 6.45) is 1.39. The SMILES string of the molecule is COc1ccc(Cl)cc1B(Oc1cccnc1C(=O)O)c1cccc(Cl)c1. The van der Waals surface area contributed by atoms with Gasteiger partial charge in [-0.15, -0.1) is 0 Å². The number of carboxylic acid groups (broad SMARTS) is 1. The largest absolute Gasteiger partial charge is 0.550 e.